The third kappa shape index (κ3) is 3.19. The van der Waals surface area contributed by atoms with E-state index in [-0.39, 0.29) is 19.5 Å². The Bertz CT molecular complexity index is 663. The number of aromatic nitrogens is 2. The fourth-order valence-electron chi connectivity index (χ4n) is 2.25. The minimum absolute atomic E-state index is 0.00327. The Morgan fingerprint density at radius 3 is 2.81 bits per heavy atom. The van der Waals surface area contributed by atoms with E-state index in [4.69, 9.17) is 0 Å². The Morgan fingerprint density at radius 1 is 1.48 bits per heavy atom. The van der Waals surface area contributed by atoms with Crippen molar-refractivity contribution in [1.82, 2.24) is 14.5 Å². The molecule has 1 amide bonds. The number of β-amino-alcohol motifs (C(OH)–C–C–N with tert-alkyl or cyclic N) is 1. The third-order valence-corrected chi connectivity index (χ3v) is 3.28. The second kappa shape index (κ2) is 5.92. The SMILES string of the molecule is COC(=O)[C@@H]1C[C@@H](O)CN1C(=O)Cn1ccc(=O)[nH]c1=O. The number of likely N-dealkylation sites (tertiary alicyclic amines) is 1. The van der Waals surface area contributed by atoms with E-state index in [0.717, 1.165) is 10.6 Å². The van der Waals surface area contributed by atoms with Gasteiger partial charge in [-0.05, 0) is 0 Å². The quantitative estimate of drug-likeness (QED) is 0.604. The largest absolute Gasteiger partial charge is 0.467 e. The van der Waals surface area contributed by atoms with Crippen molar-refractivity contribution in [2.24, 2.45) is 0 Å². The van der Waals surface area contributed by atoms with Crippen molar-refractivity contribution in [3.63, 3.8) is 0 Å². The number of aromatic amines is 1. The van der Waals surface area contributed by atoms with Gasteiger partial charge in [0.25, 0.3) is 5.56 Å². The first kappa shape index (κ1) is 15.0. The lowest BCUT2D eigenvalue weighted by Gasteiger charge is -2.22. The molecule has 1 fully saturated rings. The van der Waals surface area contributed by atoms with E-state index in [9.17, 15) is 24.3 Å². The molecule has 2 heterocycles. The predicted octanol–water partition coefficient (Wildman–Crippen LogP) is -2.33. The first-order valence-corrected chi connectivity index (χ1v) is 6.27. The Hall–Kier alpha value is -2.42. The fourth-order valence-corrected chi connectivity index (χ4v) is 2.25. The fraction of sp³-hybridized carbons (Fsp3) is 0.500. The normalized spacial score (nSPS) is 21.3. The van der Waals surface area contributed by atoms with Crippen molar-refractivity contribution >= 4 is 11.9 Å². The van der Waals surface area contributed by atoms with Crippen LogP contribution in [0.3, 0.4) is 0 Å². The van der Waals surface area contributed by atoms with Crippen LogP contribution < -0.4 is 11.2 Å². The van der Waals surface area contributed by atoms with Gasteiger partial charge >= 0.3 is 11.7 Å². The lowest BCUT2D eigenvalue weighted by molar-refractivity contribution is -0.151. The molecule has 0 aromatic carbocycles. The van der Waals surface area contributed by atoms with Crippen molar-refractivity contribution < 1.29 is 19.4 Å². The second-order valence-electron chi connectivity index (χ2n) is 4.71. The summed E-state index contributed by atoms with van der Waals surface area (Å²) in [5, 5.41) is 9.60. The highest BCUT2D eigenvalue weighted by atomic mass is 16.5. The van der Waals surface area contributed by atoms with Gasteiger partial charge in [0.05, 0.1) is 13.2 Å². The molecule has 1 saturated heterocycles. The summed E-state index contributed by atoms with van der Waals surface area (Å²) in [4.78, 5) is 49.5. The van der Waals surface area contributed by atoms with Gasteiger partial charge in [-0.2, -0.15) is 0 Å². The molecule has 2 rings (SSSR count). The minimum atomic E-state index is -0.865. The lowest BCUT2D eigenvalue weighted by Crippen LogP contribution is -2.44. The molecular weight excluding hydrogens is 282 g/mol. The maximum absolute atomic E-state index is 12.2. The highest BCUT2D eigenvalue weighted by Gasteiger charge is 2.39. The van der Waals surface area contributed by atoms with E-state index >= 15 is 0 Å². The Kier molecular flexibility index (Phi) is 4.22. The van der Waals surface area contributed by atoms with Gasteiger partial charge in [-0.15, -0.1) is 0 Å². The van der Waals surface area contributed by atoms with Crippen LogP contribution in [0.15, 0.2) is 21.9 Å². The van der Waals surface area contributed by atoms with Crippen molar-refractivity contribution in [1.29, 1.82) is 0 Å². The van der Waals surface area contributed by atoms with Crippen LogP contribution in [0.5, 0.6) is 0 Å². The molecule has 2 N–H and O–H groups in total. The summed E-state index contributed by atoms with van der Waals surface area (Å²) in [6.45, 7) is -0.341. The molecule has 114 valence electrons. The van der Waals surface area contributed by atoms with E-state index in [1.54, 1.807) is 0 Å². The smallest absolute Gasteiger partial charge is 0.328 e. The number of nitrogens with one attached hydrogen (secondary N) is 1. The lowest BCUT2D eigenvalue weighted by atomic mass is 10.2. The topological polar surface area (TPSA) is 122 Å². The molecule has 0 aliphatic carbocycles. The Balaban J connectivity index is 2.17. The number of H-pyrrole nitrogens is 1. The molecule has 1 aromatic rings. The summed E-state index contributed by atoms with van der Waals surface area (Å²) in [5.74, 6) is -1.13. The molecule has 2 atom stereocenters. The second-order valence-corrected chi connectivity index (χ2v) is 4.71. The van der Waals surface area contributed by atoms with E-state index in [0.29, 0.717) is 0 Å². The van der Waals surface area contributed by atoms with Gasteiger partial charge in [0.2, 0.25) is 5.91 Å². The molecular formula is C12H15N3O6. The van der Waals surface area contributed by atoms with Crippen molar-refractivity contribution in [2.75, 3.05) is 13.7 Å². The number of aliphatic hydroxyl groups excluding tert-OH is 1. The molecule has 0 unspecified atom stereocenters. The molecule has 9 nitrogen and oxygen atoms in total. The molecule has 0 spiro atoms. The summed E-state index contributed by atoms with van der Waals surface area (Å²) < 4.78 is 5.61. The van der Waals surface area contributed by atoms with Crippen LogP contribution in [-0.4, -0.2) is 57.2 Å². The summed E-state index contributed by atoms with van der Waals surface area (Å²) in [5.41, 5.74) is -1.28. The number of methoxy groups -OCH3 is 1. The van der Waals surface area contributed by atoms with E-state index in [1.165, 1.54) is 18.2 Å². The van der Waals surface area contributed by atoms with Crippen LogP contribution in [0.4, 0.5) is 0 Å². The van der Waals surface area contributed by atoms with Gasteiger partial charge in [-0.3, -0.25) is 19.1 Å². The summed E-state index contributed by atoms with van der Waals surface area (Å²) in [7, 11) is 1.20. The molecule has 1 aromatic heterocycles. The standard InChI is InChI=1S/C12H15N3O6/c1-21-11(19)8-4-7(16)5-15(8)10(18)6-14-3-2-9(17)13-12(14)20/h2-3,7-8,16H,4-6H2,1H3,(H,13,17,20)/t7-,8+/m1/s1. The van der Waals surface area contributed by atoms with Crippen LogP contribution in [-0.2, 0) is 20.9 Å². The summed E-state index contributed by atoms with van der Waals surface area (Å²) >= 11 is 0. The highest BCUT2D eigenvalue weighted by molar-refractivity contribution is 5.85. The molecule has 9 heteroatoms. The van der Waals surface area contributed by atoms with Gasteiger partial charge in [0, 0.05) is 25.2 Å². The van der Waals surface area contributed by atoms with Crippen LogP contribution in [0.2, 0.25) is 0 Å². The average Bonchev–Trinajstić information content (AvgIpc) is 2.83. The number of aliphatic hydroxyl groups is 1. The number of hydrogen-bond donors (Lipinski definition) is 2. The third-order valence-electron chi connectivity index (χ3n) is 3.28. The van der Waals surface area contributed by atoms with Crippen LogP contribution in [0.1, 0.15) is 6.42 Å². The van der Waals surface area contributed by atoms with Gasteiger partial charge < -0.3 is 14.7 Å². The summed E-state index contributed by atoms with van der Waals surface area (Å²) in [6.07, 6.45) is 0.475. The predicted molar refractivity (Wildman–Crippen MR) is 69.5 cm³/mol. The highest BCUT2D eigenvalue weighted by Crippen LogP contribution is 2.19. The number of amides is 1. The number of rotatable bonds is 3. The molecule has 0 saturated carbocycles. The number of hydrogen-bond acceptors (Lipinski definition) is 6. The molecule has 0 bridgehead atoms. The monoisotopic (exact) mass is 297 g/mol. The van der Waals surface area contributed by atoms with Crippen LogP contribution in [0, 0.1) is 0 Å². The van der Waals surface area contributed by atoms with Gasteiger partial charge in [-0.1, -0.05) is 0 Å². The zero-order valence-corrected chi connectivity index (χ0v) is 11.3. The maximum atomic E-state index is 12.2. The van der Waals surface area contributed by atoms with Crippen LogP contribution >= 0.6 is 0 Å². The Morgan fingerprint density at radius 2 is 2.19 bits per heavy atom. The first-order chi connectivity index (χ1) is 9.92. The first-order valence-electron chi connectivity index (χ1n) is 6.27. The number of nitrogens with zero attached hydrogens (tertiary/aromatic N) is 2. The molecule has 1 aliphatic rings. The molecule has 1 aliphatic heterocycles. The zero-order valence-electron chi connectivity index (χ0n) is 11.3. The Labute approximate surface area is 118 Å². The zero-order chi connectivity index (χ0) is 15.6. The maximum Gasteiger partial charge on any atom is 0.328 e. The van der Waals surface area contributed by atoms with Crippen molar-refractivity contribution in [3.05, 3.63) is 33.1 Å². The molecule has 0 radical (unpaired) electrons. The van der Waals surface area contributed by atoms with Gasteiger partial charge in [0.15, 0.2) is 0 Å². The van der Waals surface area contributed by atoms with Gasteiger partial charge in [-0.25, -0.2) is 9.59 Å². The summed E-state index contributed by atoms with van der Waals surface area (Å²) in [6, 6.07) is 0.252. The number of carbonyl (C=O) groups excluding carboxylic acids is 2. The van der Waals surface area contributed by atoms with Gasteiger partial charge in [0.1, 0.15) is 12.6 Å². The number of carbonyl (C=O) groups is 2. The van der Waals surface area contributed by atoms with E-state index < -0.39 is 35.3 Å². The van der Waals surface area contributed by atoms with Crippen molar-refractivity contribution in [3.8, 4) is 0 Å². The number of esters is 1. The minimum Gasteiger partial charge on any atom is -0.467 e. The number of ether oxygens (including phenoxy) is 1. The van der Waals surface area contributed by atoms with Crippen molar-refractivity contribution in [2.45, 2.75) is 25.1 Å². The average molecular weight is 297 g/mol. The van der Waals surface area contributed by atoms with Crippen LogP contribution in [0.25, 0.3) is 0 Å². The van der Waals surface area contributed by atoms with E-state index in [2.05, 4.69) is 4.74 Å². The molecule has 21 heavy (non-hydrogen) atoms. The van der Waals surface area contributed by atoms with E-state index in [1.807, 2.05) is 4.98 Å².